The zero-order valence-electron chi connectivity index (χ0n) is 10.3. The third kappa shape index (κ3) is 1.93. The minimum atomic E-state index is -0.398. The maximum Gasteiger partial charge on any atom is 0.292 e. The topological polar surface area (TPSA) is 87.8 Å². The first-order valence-corrected chi connectivity index (χ1v) is 6.42. The van der Waals surface area contributed by atoms with E-state index in [9.17, 15) is 10.1 Å². The Kier molecular flexibility index (Phi) is 2.85. The largest absolute Gasteiger partial charge is 0.411 e. The van der Waals surface area contributed by atoms with E-state index in [1.54, 1.807) is 18.2 Å². The van der Waals surface area contributed by atoms with Crippen LogP contribution in [0.15, 0.2) is 29.4 Å². The van der Waals surface area contributed by atoms with E-state index in [-0.39, 0.29) is 11.7 Å². The van der Waals surface area contributed by atoms with E-state index >= 15 is 0 Å². The average molecular weight is 261 g/mol. The van der Waals surface area contributed by atoms with Gasteiger partial charge in [-0.05, 0) is 31.2 Å². The summed E-state index contributed by atoms with van der Waals surface area (Å²) in [5, 5.41) is 26.7. The fourth-order valence-electron chi connectivity index (χ4n) is 3.34. The van der Waals surface area contributed by atoms with Gasteiger partial charge in [0.25, 0.3) is 5.69 Å². The number of fused-ring (bicyclic) bond motifs is 2. The molecule has 19 heavy (non-hydrogen) atoms. The van der Waals surface area contributed by atoms with Crippen LogP contribution in [-0.4, -0.2) is 21.9 Å². The van der Waals surface area contributed by atoms with Gasteiger partial charge in [-0.15, -0.1) is 0 Å². The van der Waals surface area contributed by atoms with Gasteiger partial charge < -0.3 is 10.5 Å². The molecule has 0 radical (unpaired) electrons. The van der Waals surface area contributed by atoms with Crippen molar-refractivity contribution in [3.05, 3.63) is 34.4 Å². The zero-order chi connectivity index (χ0) is 13.4. The van der Waals surface area contributed by atoms with Gasteiger partial charge in [-0.25, -0.2) is 0 Å². The van der Waals surface area contributed by atoms with Gasteiger partial charge in [0, 0.05) is 12.0 Å². The van der Waals surface area contributed by atoms with Gasteiger partial charge in [-0.1, -0.05) is 17.3 Å². The van der Waals surface area contributed by atoms with Crippen molar-refractivity contribution in [2.45, 2.75) is 25.3 Å². The Morgan fingerprint density at radius 3 is 2.89 bits per heavy atom. The van der Waals surface area contributed by atoms with Gasteiger partial charge in [0.1, 0.15) is 5.69 Å². The van der Waals surface area contributed by atoms with Gasteiger partial charge >= 0.3 is 0 Å². The Morgan fingerprint density at radius 2 is 2.16 bits per heavy atom. The fourth-order valence-corrected chi connectivity index (χ4v) is 3.34. The molecule has 3 atom stereocenters. The molecule has 2 aliphatic rings. The number of nitrogens with zero attached hydrogens (tertiary/aromatic N) is 2. The van der Waals surface area contributed by atoms with Crippen LogP contribution >= 0.6 is 0 Å². The standard InChI is InChI=1S/C13H15N3O3/c17-15-13-9-6-5-8(7-9)12(13)14-10-3-1-2-4-11(10)16(18)19/h1-4,8-9,12,14,17H,5-7H2/b15-13+/t8-,9-,12-/m0/s1. The van der Waals surface area contributed by atoms with Gasteiger partial charge in [0.05, 0.1) is 16.7 Å². The molecule has 0 amide bonds. The van der Waals surface area contributed by atoms with Crippen LogP contribution in [0.2, 0.25) is 0 Å². The van der Waals surface area contributed by atoms with E-state index in [4.69, 9.17) is 5.21 Å². The highest BCUT2D eigenvalue weighted by Gasteiger charge is 2.46. The lowest BCUT2D eigenvalue weighted by atomic mass is 9.93. The second kappa shape index (κ2) is 4.53. The van der Waals surface area contributed by atoms with Gasteiger partial charge in [-0.3, -0.25) is 10.1 Å². The van der Waals surface area contributed by atoms with Crippen molar-refractivity contribution in [1.29, 1.82) is 0 Å². The highest BCUT2D eigenvalue weighted by Crippen LogP contribution is 2.44. The normalized spacial score (nSPS) is 30.7. The molecule has 2 N–H and O–H groups in total. The van der Waals surface area contributed by atoms with Crippen LogP contribution in [0.3, 0.4) is 0 Å². The van der Waals surface area contributed by atoms with Crippen LogP contribution in [0.5, 0.6) is 0 Å². The molecular weight excluding hydrogens is 246 g/mol. The van der Waals surface area contributed by atoms with E-state index in [2.05, 4.69) is 10.5 Å². The second-order valence-corrected chi connectivity index (χ2v) is 5.19. The van der Waals surface area contributed by atoms with E-state index in [0.29, 0.717) is 17.5 Å². The maximum atomic E-state index is 11.0. The van der Waals surface area contributed by atoms with Gasteiger partial charge in [0.15, 0.2) is 0 Å². The van der Waals surface area contributed by atoms with Crippen LogP contribution in [0, 0.1) is 22.0 Å². The number of rotatable bonds is 3. The summed E-state index contributed by atoms with van der Waals surface area (Å²) in [4.78, 5) is 10.6. The van der Waals surface area contributed by atoms with E-state index < -0.39 is 4.92 Å². The number of para-hydroxylation sites is 2. The molecule has 0 heterocycles. The molecule has 0 unspecified atom stereocenters. The number of nitro benzene ring substituents is 1. The van der Waals surface area contributed by atoms with Crippen LogP contribution in [0.1, 0.15) is 19.3 Å². The summed E-state index contributed by atoms with van der Waals surface area (Å²) in [5.74, 6) is 0.742. The molecular formula is C13H15N3O3. The van der Waals surface area contributed by atoms with Crippen molar-refractivity contribution in [3.63, 3.8) is 0 Å². The average Bonchev–Trinajstić information content (AvgIpc) is 3.00. The van der Waals surface area contributed by atoms with Crippen molar-refractivity contribution in [2.75, 3.05) is 5.32 Å². The number of anilines is 1. The third-order valence-electron chi connectivity index (χ3n) is 4.21. The molecule has 100 valence electrons. The first-order chi connectivity index (χ1) is 9.20. The molecule has 6 heteroatoms. The highest BCUT2D eigenvalue weighted by molar-refractivity contribution is 5.96. The Labute approximate surface area is 110 Å². The summed E-state index contributed by atoms with van der Waals surface area (Å²) in [6.07, 6.45) is 3.15. The fraction of sp³-hybridized carbons (Fsp3) is 0.462. The summed E-state index contributed by atoms with van der Waals surface area (Å²) in [6, 6.07) is 6.50. The highest BCUT2D eigenvalue weighted by atomic mass is 16.6. The van der Waals surface area contributed by atoms with Crippen molar-refractivity contribution >= 4 is 17.1 Å². The number of oxime groups is 1. The first kappa shape index (κ1) is 12.0. The second-order valence-electron chi connectivity index (χ2n) is 5.19. The third-order valence-corrected chi connectivity index (χ3v) is 4.21. The summed E-state index contributed by atoms with van der Waals surface area (Å²) in [5.41, 5.74) is 1.29. The molecule has 2 fully saturated rings. The lowest BCUT2D eigenvalue weighted by Crippen LogP contribution is -2.35. The summed E-state index contributed by atoms with van der Waals surface area (Å²) in [6.45, 7) is 0. The maximum absolute atomic E-state index is 11.0. The summed E-state index contributed by atoms with van der Waals surface area (Å²) >= 11 is 0. The molecule has 2 bridgehead atoms. The first-order valence-electron chi connectivity index (χ1n) is 6.42. The van der Waals surface area contributed by atoms with Crippen LogP contribution < -0.4 is 5.32 Å². The van der Waals surface area contributed by atoms with E-state index in [0.717, 1.165) is 25.0 Å². The lowest BCUT2D eigenvalue weighted by Gasteiger charge is -2.24. The Bertz CT molecular complexity index is 544. The van der Waals surface area contributed by atoms with Gasteiger partial charge in [0.2, 0.25) is 0 Å². The molecule has 6 nitrogen and oxygen atoms in total. The number of hydrogen-bond acceptors (Lipinski definition) is 5. The van der Waals surface area contributed by atoms with Crippen molar-refractivity contribution in [1.82, 2.24) is 0 Å². The number of hydrogen-bond donors (Lipinski definition) is 2. The van der Waals surface area contributed by atoms with Crippen molar-refractivity contribution in [3.8, 4) is 0 Å². The van der Waals surface area contributed by atoms with Crippen LogP contribution in [0.25, 0.3) is 0 Å². The minimum Gasteiger partial charge on any atom is -0.411 e. The predicted octanol–water partition coefficient (Wildman–Crippen LogP) is 2.64. The Balaban J connectivity index is 1.88. The van der Waals surface area contributed by atoms with E-state index in [1.165, 1.54) is 6.07 Å². The molecule has 2 saturated carbocycles. The molecule has 0 spiro atoms. The van der Waals surface area contributed by atoms with Crippen LogP contribution in [-0.2, 0) is 0 Å². The van der Waals surface area contributed by atoms with E-state index in [1.807, 2.05) is 0 Å². The molecule has 1 aromatic rings. The molecule has 3 rings (SSSR count). The summed E-state index contributed by atoms with van der Waals surface area (Å²) in [7, 11) is 0. The monoisotopic (exact) mass is 261 g/mol. The van der Waals surface area contributed by atoms with Crippen molar-refractivity contribution < 1.29 is 10.1 Å². The van der Waals surface area contributed by atoms with Crippen LogP contribution in [0.4, 0.5) is 11.4 Å². The molecule has 1 aromatic carbocycles. The smallest absolute Gasteiger partial charge is 0.292 e. The number of benzene rings is 1. The predicted molar refractivity (Wildman–Crippen MR) is 70.6 cm³/mol. The Hall–Kier alpha value is -2.11. The zero-order valence-corrected chi connectivity index (χ0v) is 10.3. The molecule has 2 aliphatic carbocycles. The Morgan fingerprint density at radius 1 is 1.37 bits per heavy atom. The quantitative estimate of drug-likeness (QED) is 0.497. The lowest BCUT2D eigenvalue weighted by molar-refractivity contribution is -0.384. The molecule has 0 aliphatic heterocycles. The van der Waals surface area contributed by atoms with Gasteiger partial charge in [-0.2, -0.15) is 0 Å². The minimum absolute atomic E-state index is 0.0579. The molecule has 0 aromatic heterocycles. The number of nitro groups is 1. The SMILES string of the molecule is O=[N+]([O-])c1ccccc1N[C@@H]1/C(=N/O)[C@H]2CC[C@H]1C2. The van der Waals surface area contributed by atoms with Crippen molar-refractivity contribution in [2.24, 2.45) is 17.0 Å². The molecule has 0 saturated heterocycles. The number of nitrogens with one attached hydrogen (secondary N) is 1. The summed E-state index contributed by atoms with van der Waals surface area (Å²) < 4.78 is 0.